The quantitative estimate of drug-likeness (QED) is 0.866. The van der Waals surface area contributed by atoms with Crippen LogP contribution in [0.4, 0.5) is 5.13 Å². The topological polar surface area (TPSA) is 77.0 Å². The Balaban J connectivity index is 2.21. The van der Waals surface area contributed by atoms with Crippen molar-refractivity contribution in [2.24, 2.45) is 0 Å². The van der Waals surface area contributed by atoms with Crippen molar-refractivity contribution < 1.29 is 9.53 Å². The van der Waals surface area contributed by atoms with Gasteiger partial charge >= 0.3 is 0 Å². The average Bonchev–Trinajstić information content (AvgIpc) is 2.81. The third kappa shape index (κ3) is 2.14. The Morgan fingerprint density at radius 2 is 2.44 bits per heavy atom. The van der Waals surface area contributed by atoms with Crippen LogP contribution in [0, 0.1) is 0 Å². The Hall–Kier alpha value is -2.02. The van der Waals surface area contributed by atoms with Gasteiger partial charge < -0.3 is 4.74 Å². The highest BCUT2D eigenvalue weighted by Gasteiger charge is 2.13. The van der Waals surface area contributed by atoms with Gasteiger partial charge in [0.25, 0.3) is 5.91 Å². The average molecular weight is 236 g/mol. The number of nitrogens with one attached hydrogen (secondary N) is 1. The number of ether oxygens (including phenoxy) is 1. The third-order valence-corrected chi connectivity index (χ3v) is 2.40. The summed E-state index contributed by atoms with van der Waals surface area (Å²) >= 11 is 1.24. The Labute approximate surface area is 95.3 Å². The zero-order valence-electron chi connectivity index (χ0n) is 8.38. The van der Waals surface area contributed by atoms with Crippen LogP contribution >= 0.6 is 11.3 Å². The molecule has 2 aromatic rings. The third-order valence-electron chi connectivity index (χ3n) is 1.79. The molecule has 16 heavy (non-hydrogen) atoms. The molecule has 1 N–H and O–H groups in total. The predicted octanol–water partition coefficient (Wildman–Crippen LogP) is 1.19. The van der Waals surface area contributed by atoms with Crippen LogP contribution in [0.5, 0.6) is 5.88 Å². The molecule has 0 aliphatic heterocycles. The van der Waals surface area contributed by atoms with E-state index in [0.717, 1.165) is 0 Å². The number of nitrogens with zero attached hydrogens (tertiary/aromatic N) is 3. The van der Waals surface area contributed by atoms with E-state index < -0.39 is 0 Å². The van der Waals surface area contributed by atoms with E-state index in [1.807, 2.05) is 0 Å². The van der Waals surface area contributed by atoms with Crippen LogP contribution in [0.25, 0.3) is 0 Å². The highest BCUT2D eigenvalue weighted by atomic mass is 32.1. The number of aromatic nitrogens is 3. The maximum Gasteiger partial charge on any atom is 0.262 e. The standard InChI is InChI=1S/C9H8N4O2S/c1-15-8-6(3-2-4-10-8)7(14)12-9-13-11-5-16-9/h2-5H,1H3,(H,12,13,14). The fourth-order valence-corrected chi connectivity index (χ4v) is 1.56. The van der Waals surface area contributed by atoms with Crippen molar-refractivity contribution in [1.82, 2.24) is 15.2 Å². The summed E-state index contributed by atoms with van der Waals surface area (Å²) in [7, 11) is 1.46. The molecular weight excluding hydrogens is 228 g/mol. The molecule has 6 nitrogen and oxygen atoms in total. The summed E-state index contributed by atoms with van der Waals surface area (Å²) in [6.07, 6.45) is 1.56. The van der Waals surface area contributed by atoms with Crippen LogP contribution < -0.4 is 10.1 Å². The highest BCUT2D eigenvalue weighted by Crippen LogP contribution is 2.16. The molecule has 0 aliphatic rings. The molecule has 0 spiro atoms. The Morgan fingerprint density at radius 1 is 1.56 bits per heavy atom. The zero-order chi connectivity index (χ0) is 11.4. The molecule has 0 bridgehead atoms. The minimum Gasteiger partial charge on any atom is -0.480 e. The second kappa shape index (κ2) is 4.67. The first-order valence-corrected chi connectivity index (χ1v) is 5.25. The van der Waals surface area contributed by atoms with Crippen LogP contribution in [0.3, 0.4) is 0 Å². The molecule has 0 saturated carbocycles. The van der Waals surface area contributed by atoms with Crippen LogP contribution in [-0.4, -0.2) is 28.2 Å². The van der Waals surface area contributed by atoms with Gasteiger partial charge in [0.1, 0.15) is 11.1 Å². The van der Waals surface area contributed by atoms with Gasteiger partial charge in [-0.1, -0.05) is 11.3 Å². The molecule has 7 heteroatoms. The van der Waals surface area contributed by atoms with Crippen LogP contribution in [0.1, 0.15) is 10.4 Å². The summed E-state index contributed by atoms with van der Waals surface area (Å²) in [5.74, 6) is -0.0359. The smallest absolute Gasteiger partial charge is 0.262 e. The Bertz CT molecular complexity index is 486. The molecule has 0 unspecified atom stereocenters. The molecule has 2 rings (SSSR count). The molecule has 0 aliphatic carbocycles. The van der Waals surface area contributed by atoms with Gasteiger partial charge in [-0.15, -0.1) is 10.2 Å². The second-order valence-corrected chi connectivity index (χ2v) is 3.59. The lowest BCUT2D eigenvalue weighted by atomic mass is 10.2. The minimum atomic E-state index is -0.318. The molecular formula is C9H8N4O2S. The van der Waals surface area contributed by atoms with Gasteiger partial charge in [-0.3, -0.25) is 10.1 Å². The van der Waals surface area contributed by atoms with Crippen molar-refractivity contribution in [1.29, 1.82) is 0 Å². The van der Waals surface area contributed by atoms with E-state index in [9.17, 15) is 4.79 Å². The van der Waals surface area contributed by atoms with E-state index in [0.29, 0.717) is 10.7 Å². The maximum atomic E-state index is 11.8. The van der Waals surface area contributed by atoms with Crippen molar-refractivity contribution in [3.63, 3.8) is 0 Å². The Morgan fingerprint density at radius 3 is 3.12 bits per heavy atom. The number of rotatable bonds is 3. The summed E-state index contributed by atoms with van der Waals surface area (Å²) < 4.78 is 4.98. The lowest BCUT2D eigenvalue weighted by molar-refractivity contribution is 0.102. The summed E-state index contributed by atoms with van der Waals surface area (Å²) in [6.45, 7) is 0. The lowest BCUT2D eigenvalue weighted by Crippen LogP contribution is -2.13. The number of anilines is 1. The van der Waals surface area contributed by atoms with E-state index in [1.54, 1.807) is 18.3 Å². The van der Waals surface area contributed by atoms with E-state index in [-0.39, 0.29) is 11.8 Å². The number of hydrogen-bond donors (Lipinski definition) is 1. The van der Waals surface area contributed by atoms with Gasteiger partial charge in [0.2, 0.25) is 11.0 Å². The summed E-state index contributed by atoms with van der Waals surface area (Å²) in [5, 5.41) is 10.4. The minimum absolute atomic E-state index is 0.282. The van der Waals surface area contributed by atoms with Gasteiger partial charge in [0.15, 0.2) is 0 Å². The number of amides is 1. The van der Waals surface area contributed by atoms with Gasteiger partial charge in [0.05, 0.1) is 7.11 Å². The van der Waals surface area contributed by atoms with Crippen molar-refractivity contribution in [2.75, 3.05) is 12.4 Å². The highest BCUT2D eigenvalue weighted by molar-refractivity contribution is 7.13. The number of pyridine rings is 1. The predicted molar refractivity (Wildman–Crippen MR) is 58.7 cm³/mol. The molecule has 0 aromatic carbocycles. The van der Waals surface area contributed by atoms with E-state index in [1.165, 1.54) is 24.0 Å². The maximum absolute atomic E-state index is 11.8. The van der Waals surface area contributed by atoms with Crippen LogP contribution in [0.2, 0.25) is 0 Å². The molecule has 0 radical (unpaired) electrons. The second-order valence-electron chi connectivity index (χ2n) is 2.76. The number of hydrogen-bond acceptors (Lipinski definition) is 6. The fraction of sp³-hybridized carbons (Fsp3) is 0.111. The monoisotopic (exact) mass is 236 g/mol. The first kappa shape index (κ1) is 10.5. The zero-order valence-corrected chi connectivity index (χ0v) is 9.19. The number of carbonyl (C=O) groups is 1. The van der Waals surface area contributed by atoms with Crippen LogP contribution in [-0.2, 0) is 0 Å². The van der Waals surface area contributed by atoms with Gasteiger partial charge in [-0.2, -0.15) is 0 Å². The first-order chi connectivity index (χ1) is 7.81. The van der Waals surface area contributed by atoms with Gasteiger partial charge in [-0.25, -0.2) is 4.98 Å². The van der Waals surface area contributed by atoms with E-state index in [2.05, 4.69) is 20.5 Å². The van der Waals surface area contributed by atoms with Crippen molar-refractivity contribution in [3.05, 3.63) is 29.4 Å². The largest absolute Gasteiger partial charge is 0.480 e. The van der Waals surface area contributed by atoms with Gasteiger partial charge in [0, 0.05) is 6.20 Å². The Kier molecular flexibility index (Phi) is 3.06. The SMILES string of the molecule is COc1ncccc1C(=O)Nc1nncs1. The first-order valence-electron chi connectivity index (χ1n) is 4.38. The molecule has 0 atom stereocenters. The lowest BCUT2D eigenvalue weighted by Gasteiger charge is -2.05. The van der Waals surface area contributed by atoms with Crippen molar-refractivity contribution in [2.45, 2.75) is 0 Å². The number of carbonyl (C=O) groups excluding carboxylic acids is 1. The van der Waals surface area contributed by atoms with E-state index >= 15 is 0 Å². The molecule has 1 amide bonds. The van der Waals surface area contributed by atoms with Crippen LogP contribution in [0.15, 0.2) is 23.8 Å². The fourth-order valence-electron chi connectivity index (χ4n) is 1.12. The summed E-state index contributed by atoms with van der Waals surface area (Å²) in [5.41, 5.74) is 1.90. The summed E-state index contributed by atoms with van der Waals surface area (Å²) in [4.78, 5) is 15.7. The molecule has 2 heterocycles. The molecule has 2 aromatic heterocycles. The normalized spacial score (nSPS) is 9.81. The summed E-state index contributed by atoms with van der Waals surface area (Å²) in [6, 6.07) is 3.29. The van der Waals surface area contributed by atoms with Crippen molar-refractivity contribution >= 4 is 22.4 Å². The molecule has 82 valence electrons. The van der Waals surface area contributed by atoms with Gasteiger partial charge in [-0.05, 0) is 12.1 Å². The molecule has 0 saturated heterocycles. The van der Waals surface area contributed by atoms with E-state index in [4.69, 9.17) is 4.74 Å². The van der Waals surface area contributed by atoms with Crippen molar-refractivity contribution in [3.8, 4) is 5.88 Å². The molecule has 0 fully saturated rings. The number of methoxy groups -OCH3 is 1.